The van der Waals surface area contributed by atoms with Crippen LogP contribution in [0.15, 0.2) is 0 Å². The second kappa shape index (κ2) is 3.97. The fourth-order valence-corrected chi connectivity index (χ4v) is 5.59. The summed E-state index contributed by atoms with van der Waals surface area (Å²) in [6.07, 6.45) is 6.74. The number of hydrogen-bond acceptors (Lipinski definition) is 2. The molecule has 1 heterocycles. The largest absolute Gasteiger partial charge is 0.481 e. The van der Waals surface area contributed by atoms with E-state index >= 15 is 0 Å². The molecule has 4 nitrogen and oxygen atoms in total. The van der Waals surface area contributed by atoms with Gasteiger partial charge in [0.2, 0.25) is 5.91 Å². The van der Waals surface area contributed by atoms with E-state index in [0.29, 0.717) is 24.4 Å². The molecule has 1 unspecified atom stereocenters. The van der Waals surface area contributed by atoms with Gasteiger partial charge in [0.15, 0.2) is 0 Å². The zero-order chi connectivity index (χ0) is 13.1. The highest BCUT2D eigenvalue weighted by atomic mass is 16.4. The van der Waals surface area contributed by atoms with Crippen LogP contribution in [0.25, 0.3) is 0 Å². The van der Waals surface area contributed by atoms with Crippen molar-refractivity contribution < 1.29 is 14.7 Å². The standard InChI is InChI=1S/C15H21NO3/c17-13-6-12(15(18)19)7-16(13)14-10-2-8-1-9(4-10)5-11(14)3-8/h8-12,14H,1-7H2,(H,18,19). The van der Waals surface area contributed by atoms with Crippen LogP contribution in [0, 0.1) is 29.6 Å². The van der Waals surface area contributed by atoms with Crippen LogP contribution in [0.2, 0.25) is 0 Å². The molecule has 19 heavy (non-hydrogen) atoms. The van der Waals surface area contributed by atoms with E-state index in [1.807, 2.05) is 4.90 Å². The topological polar surface area (TPSA) is 57.6 Å². The number of rotatable bonds is 2. The molecule has 104 valence electrons. The number of carbonyl (C=O) groups excluding carboxylic acids is 1. The van der Waals surface area contributed by atoms with Crippen LogP contribution in [0.5, 0.6) is 0 Å². The van der Waals surface area contributed by atoms with Crippen molar-refractivity contribution in [2.45, 2.75) is 44.6 Å². The van der Waals surface area contributed by atoms with Crippen molar-refractivity contribution in [3.8, 4) is 0 Å². The first-order valence-corrected chi connectivity index (χ1v) is 7.64. The summed E-state index contributed by atoms with van der Waals surface area (Å²) in [5.41, 5.74) is 0. The van der Waals surface area contributed by atoms with Gasteiger partial charge in [-0.2, -0.15) is 0 Å². The second-order valence-corrected chi connectivity index (χ2v) is 7.21. The van der Waals surface area contributed by atoms with E-state index in [4.69, 9.17) is 5.11 Å². The molecule has 1 N–H and O–H groups in total. The fraction of sp³-hybridized carbons (Fsp3) is 0.867. The maximum Gasteiger partial charge on any atom is 0.308 e. The highest BCUT2D eigenvalue weighted by Gasteiger charge is 2.52. The van der Waals surface area contributed by atoms with Crippen molar-refractivity contribution in [1.82, 2.24) is 4.90 Å². The molecular formula is C15H21NO3. The van der Waals surface area contributed by atoms with Gasteiger partial charge in [-0.1, -0.05) is 0 Å². The average Bonchev–Trinajstić information content (AvgIpc) is 2.70. The molecule has 0 spiro atoms. The molecule has 1 atom stereocenters. The van der Waals surface area contributed by atoms with E-state index < -0.39 is 11.9 Å². The SMILES string of the molecule is O=C(O)C1CC(=O)N(C2C3CC4CC(C3)CC2C4)C1. The van der Waals surface area contributed by atoms with E-state index in [2.05, 4.69) is 0 Å². The quantitative estimate of drug-likeness (QED) is 0.825. The van der Waals surface area contributed by atoms with Gasteiger partial charge in [-0.3, -0.25) is 9.59 Å². The van der Waals surface area contributed by atoms with Gasteiger partial charge in [0.05, 0.1) is 5.92 Å². The maximum absolute atomic E-state index is 12.2. The summed E-state index contributed by atoms with van der Waals surface area (Å²) in [5, 5.41) is 9.12. The molecule has 0 aromatic heterocycles. The molecule has 5 fully saturated rings. The van der Waals surface area contributed by atoms with E-state index in [1.165, 1.54) is 32.1 Å². The summed E-state index contributed by atoms with van der Waals surface area (Å²) >= 11 is 0. The van der Waals surface area contributed by atoms with E-state index in [1.54, 1.807) is 0 Å². The molecule has 4 aliphatic carbocycles. The summed E-state index contributed by atoms with van der Waals surface area (Å²) in [4.78, 5) is 25.2. The molecular weight excluding hydrogens is 242 g/mol. The summed E-state index contributed by atoms with van der Waals surface area (Å²) < 4.78 is 0. The average molecular weight is 263 g/mol. The number of carboxylic acid groups (broad SMARTS) is 1. The molecule has 5 rings (SSSR count). The van der Waals surface area contributed by atoms with Gasteiger partial charge < -0.3 is 10.0 Å². The normalized spacial score (nSPS) is 48.0. The van der Waals surface area contributed by atoms with Gasteiger partial charge in [0.1, 0.15) is 0 Å². The summed E-state index contributed by atoms with van der Waals surface area (Å²) in [7, 11) is 0. The molecule has 0 aromatic carbocycles. The monoisotopic (exact) mass is 263 g/mol. The number of aliphatic carboxylic acids is 1. The zero-order valence-corrected chi connectivity index (χ0v) is 11.1. The molecule has 5 aliphatic rings. The van der Waals surface area contributed by atoms with Crippen LogP contribution in [0.1, 0.15) is 38.5 Å². The lowest BCUT2D eigenvalue weighted by Gasteiger charge is -2.56. The zero-order valence-electron chi connectivity index (χ0n) is 11.1. The lowest BCUT2D eigenvalue weighted by molar-refractivity contribution is -0.141. The Morgan fingerprint density at radius 1 is 1.05 bits per heavy atom. The number of amides is 1. The van der Waals surface area contributed by atoms with Gasteiger partial charge in [0.25, 0.3) is 0 Å². The van der Waals surface area contributed by atoms with Crippen LogP contribution in [-0.4, -0.2) is 34.5 Å². The minimum atomic E-state index is -0.806. The Kier molecular flexibility index (Phi) is 2.45. The molecule has 1 saturated heterocycles. The molecule has 4 saturated carbocycles. The number of nitrogens with zero attached hydrogens (tertiary/aromatic N) is 1. The number of carbonyl (C=O) groups is 2. The van der Waals surface area contributed by atoms with E-state index in [0.717, 1.165) is 11.8 Å². The first kappa shape index (κ1) is 11.7. The van der Waals surface area contributed by atoms with Gasteiger partial charge in [0, 0.05) is 19.0 Å². The predicted molar refractivity (Wildman–Crippen MR) is 68.3 cm³/mol. The Balaban J connectivity index is 1.56. The summed E-state index contributed by atoms with van der Waals surface area (Å²) in [5.74, 6) is 1.92. The van der Waals surface area contributed by atoms with Crippen molar-refractivity contribution in [1.29, 1.82) is 0 Å². The number of likely N-dealkylation sites (tertiary alicyclic amines) is 1. The van der Waals surface area contributed by atoms with Crippen LogP contribution >= 0.6 is 0 Å². The maximum atomic E-state index is 12.2. The molecule has 0 radical (unpaired) electrons. The van der Waals surface area contributed by atoms with Gasteiger partial charge in [-0.05, 0) is 55.8 Å². The third-order valence-electron chi connectivity index (χ3n) is 6.04. The highest BCUT2D eigenvalue weighted by Crippen LogP contribution is 2.55. The van der Waals surface area contributed by atoms with Crippen LogP contribution in [0.4, 0.5) is 0 Å². The smallest absolute Gasteiger partial charge is 0.308 e. The summed E-state index contributed by atoms with van der Waals surface area (Å²) in [6, 6.07) is 0.365. The fourth-order valence-electron chi connectivity index (χ4n) is 5.59. The minimum absolute atomic E-state index is 0.0878. The predicted octanol–water partition coefficient (Wildman–Crippen LogP) is 1.74. The Bertz CT molecular complexity index is 405. The van der Waals surface area contributed by atoms with Crippen LogP contribution in [-0.2, 0) is 9.59 Å². The van der Waals surface area contributed by atoms with Crippen molar-refractivity contribution in [3.63, 3.8) is 0 Å². The Hall–Kier alpha value is -1.06. The Morgan fingerprint density at radius 2 is 1.63 bits per heavy atom. The molecule has 0 aromatic rings. The number of hydrogen-bond donors (Lipinski definition) is 1. The third-order valence-corrected chi connectivity index (χ3v) is 6.04. The van der Waals surface area contributed by atoms with Crippen molar-refractivity contribution in [2.75, 3.05) is 6.54 Å². The third kappa shape index (κ3) is 1.72. The lowest BCUT2D eigenvalue weighted by atomic mass is 9.54. The minimum Gasteiger partial charge on any atom is -0.481 e. The van der Waals surface area contributed by atoms with E-state index in [9.17, 15) is 9.59 Å². The van der Waals surface area contributed by atoms with Gasteiger partial charge in [-0.25, -0.2) is 0 Å². The molecule has 1 amide bonds. The first-order chi connectivity index (χ1) is 9.11. The highest BCUT2D eigenvalue weighted by molar-refractivity contribution is 5.86. The lowest BCUT2D eigenvalue weighted by Crippen LogP contribution is -2.56. The number of carboxylic acids is 1. The molecule has 4 bridgehead atoms. The van der Waals surface area contributed by atoms with Gasteiger partial charge >= 0.3 is 5.97 Å². The Morgan fingerprint density at radius 3 is 2.11 bits per heavy atom. The second-order valence-electron chi connectivity index (χ2n) is 7.21. The van der Waals surface area contributed by atoms with Crippen molar-refractivity contribution in [3.05, 3.63) is 0 Å². The Labute approximate surface area is 113 Å². The van der Waals surface area contributed by atoms with Crippen LogP contribution < -0.4 is 0 Å². The molecule has 4 heteroatoms. The van der Waals surface area contributed by atoms with Crippen molar-refractivity contribution >= 4 is 11.9 Å². The summed E-state index contributed by atoms with van der Waals surface area (Å²) in [6.45, 7) is 0.459. The van der Waals surface area contributed by atoms with Gasteiger partial charge in [-0.15, -0.1) is 0 Å². The molecule has 1 aliphatic heterocycles. The van der Waals surface area contributed by atoms with Crippen LogP contribution in [0.3, 0.4) is 0 Å². The van der Waals surface area contributed by atoms with Crippen molar-refractivity contribution in [2.24, 2.45) is 29.6 Å². The first-order valence-electron chi connectivity index (χ1n) is 7.64. The van der Waals surface area contributed by atoms with E-state index in [-0.39, 0.29) is 12.3 Å².